The highest BCUT2D eigenvalue weighted by Gasteiger charge is 2.14. The fourth-order valence-electron chi connectivity index (χ4n) is 3.64. The van der Waals surface area contributed by atoms with E-state index in [2.05, 4.69) is 65.0 Å². The standard InChI is InChI=1S/C26H37N3O3/c1-19(2)32-25-14-20(3)8-9-23(25)17-29-26(27-4)28-16-21-6-5-7-22(15-21)18-31-24-10-12-30-13-11-24/h5-9,14-15,19,24H,10-13,16-18H2,1-4H3,(H2,27,28,29). The second-order valence-electron chi connectivity index (χ2n) is 8.50. The van der Waals surface area contributed by atoms with E-state index in [4.69, 9.17) is 14.2 Å². The van der Waals surface area contributed by atoms with Crippen LogP contribution in [0.5, 0.6) is 5.75 Å². The average Bonchev–Trinajstić information content (AvgIpc) is 2.79. The van der Waals surface area contributed by atoms with E-state index in [1.807, 2.05) is 13.8 Å². The number of guanidine groups is 1. The zero-order valence-electron chi connectivity index (χ0n) is 19.8. The van der Waals surface area contributed by atoms with E-state index in [1.54, 1.807) is 7.05 Å². The van der Waals surface area contributed by atoms with Crippen LogP contribution in [0.4, 0.5) is 0 Å². The van der Waals surface area contributed by atoms with Crippen LogP contribution in [0, 0.1) is 6.92 Å². The molecule has 6 nitrogen and oxygen atoms in total. The Labute approximate surface area is 192 Å². The molecule has 1 aliphatic heterocycles. The van der Waals surface area contributed by atoms with Crippen LogP contribution in [0.25, 0.3) is 0 Å². The molecule has 0 aliphatic carbocycles. The van der Waals surface area contributed by atoms with Crippen LogP contribution in [-0.2, 0) is 29.2 Å². The predicted molar refractivity (Wildman–Crippen MR) is 129 cm³/mol. The van der Waals surface area contributed by atoms with Crippen molar-refractivity contribution < 1.29 is 14.2 Å². The molecule has 6 heteroatoms. The van der Waals surface area contributed by atoms with Gasteiger partial charge in [-0.25, -0.2) is 0 Å². The van der Waals surface area contributed by atoms with Crippen LogP contribution >= 0.6 is 0 Å². The minimum Gasteiger partial charge on any atom is -0.491 e. The summed E-state index contributed by atoms with van der Waals surface area (Å²) in [6.45, 7) is 9.73. The van der Waals surface area contributed by atoms with E-state index in [0.29, 0.717) is 25.8 Å². The van der Waals surface area contributed by atoms with Crippen molar-refractivity contribution in [3.63, 3.8) is 0 Å². The lowest BCUT2D eigenvalue weighted by Crippen LogP contribution is -2.36. The van der Waals surface area contributed by atoms with Gasteiger partial charge in [0.15, 0.2) is 5.96 Å². The topological polar surface area (TPSA) is 64.1 Å². The predicted octanol–water partition coefficient (Wildman–Crippen LogP) is 4.34. The van der Waals surface area contributed by atoms with Crippen molar-refractivity contribution in [2.75, 3.05) is 20.3 Å². The van der Waals surface area contributed by atoms with E-state index in [0.717, 1.165) is 43.3 Å². The molecule has 1 aliphatic rings. The normalized spacial score (nSPS) is 15.1. The largest absolute Gasteiger partial charge is 0.491 e. The van der Waals surface area contributed by atoms with Gasteiger partial charge < -0.3 is 24.8 Å². The molecule has 0 spiro atoms. The molecule has 1 heterocycles. The summed E-state index contributed by atoms with van der Waals surface area (Å²) in [5.41, 5.74) is 4.68. The molecule has 0 aromatic heterocycles. The molecule has 2 aromatic rings. The third kappa shape index (κ3) is 7.84. The minimum absolute atomic E-state index is 0.135. The van der Waals surface area contributed by atoms with E-state index < -0.39 is 0 Å². The Kier molecular flexibility index (Phi) is 9.38. The zero-order valence-corrected chi connectivity index (χ0v) is 19.8. The monoisotopic (exact) mass is 439 g/mol. The smallest absolute Gasteiger partial charge is 0.191 e. The van der Waals surface area contributed by atoms with Crippen molar-refractivity contribution in [3.05, 3.63) is 64.7 Å². The van der Waals surface area contributed by atoms with Gasteiger partial charge in [-0.15, -0.1) is 0 Å². The molecule has 0 amide bonds. The Morgan fingerprint density at radius 3 is 2.56 bits per heavy atom. The molecule has 1 saturated heterocycles. The molecule has 1 fully saturated rings. The first kappa shape index (κ1) is 24.1. The summed E-state index contributed by atoms with van der Waals surface area (Å²) < 4.78 is 17.4. The molecule has 2 N–H and O–H groups in total. The molecule has 174 valence electrons. The van der Waals surface area contributed by atoms with Crippen molar-refractivity contribution in [2.45, 2.75) is 65.5 Å². The molecule has 0 atom stereocenters. The fourth-order valence-corrected chi connectivity index (χ4v) is 3.64. The van der Waals surface area contributed by atoms with Crippen LogP contribution in [-0.4, -0.2) is 38.4 Å². The van der Waals surface area contributed by atoms with E-state index in [1.165, 1.54) is 16.7 Å². The van der Waals surface area contributed by atoms with Gasteiger partial charge >= 0.3 is 0 Å². The lowest BCUT2D eigenvalue weighted by atomic mass is 10.1. The van der Waals surface area contributed by atoms with Gasteiger partial charge in [0.2, 0.25) is 0 Å². The van der Waals surface area contributed by atoms with Crippen LogP contribution in [0.15, 0.2) is 47.5 Å². The fraction of sp³-hybridized carbons (Fsp3) is 0.500. The summed E-state index contributed by atoms with van der Waals surface area (Å²) in [4.78, 5) is 4.36. The van der Waals surface area contributed by atoms with E-state index >= 15 is 0 Å². The van der Waals surface area contributed by atoms with Crippen molar-refractivity contribution in [3.8, 4) is 5.75 Å². The number of ether oxygens (including phenoxy) is 3. The van der Waals surface area contributed by atoms with Gasteiger partial charge in [0, 0.05) is 38.9 Å². The number of nitrogens with zero attached hydrogens (tertiary/aromatic N) is 1. The van der Waals surface area contributed by atoms with Gasteiger partial charge in [0.05, 0.1) is 18.8 Å². The molecule has 32 heavy (non-hydrogen) atoms. The van der Waals surface area contributed by atoms with Crippen molar-refractivity contribution >= 4 is 5.96 Å². The third-order valence-corrected chi connectivity index (χ3v) is 5.36. The van der Waals surface area contributed by atoms with E-state index in [-0.39, 0.29) is 6.10 Å². The lowest BCUT2D eigenvalue weighted by Gasteiger charge is -2.22. The van der Waals surface area contributed by atoms with Crippen LogP contribution in [0.3, 0.4) is 0 Å². The number of hydrogen-bond acceptors (Lipinski definition) is 4. The number of rotatable bonds is 9. The summed E-state index contributed by atoms with van der Waals surface area (Å²) in [6, 6.07) is 14.8. The quantitative estimate of drug-likeness (QED) is 0.449. The summed E-state index contributed by atoms with van der Waals surface area (Å²) in [7, 11) is 1.79. The third-order valence-electron chi connectivity index (χ3n) is 5.36. The van der Waals surface area contributed by atoms with Crippen molar-refractivity contribution in [1.29, 1.82) is 0 Å². The summed E-state index contributed by atoms with van der Waals surface area (Å²) >= 11 is 0. The van der Waals surface area contributed by atoms with Gasteiger partial charge in [-0.2, -0.15) is 0 Å². The molecule has 0 saturated carbocycles. The summed E-state index contributed by atoms with van der Waals surface area (Å²) in [5.74, 6) is 1.67. The first-order valence-electron chi connectivity index (χ1n) is 11.5. The van der Waals surface area contributed by atoms with Gasteiger partial charge in [0.25, 0.3) is 0 Å². The van der Waals surface area contributed by atoms with Crippen LogP contribution < -0.4 is 15.4 Å². The number of nitrogens with one attached hydrogen (secondary N) is 2. The second-order valence-corrected chi connectivity index (χ2v) is 8.50. The summed E-state index contributed by atoms with van der Waals surface area (Å²) in [5, 5.41) is 6.80. The SMILES string of the molecule is CN=C(NCc1cccc(COC2CCOCC2)c1)NCc1ccc(C)cc1OC(C)C. The first-order chi connectivity index (χ1) is 15.5. The first-order valence-corrected chi connectivity index (χ1v) is 11.5. The number of benzene rings is 2. The maximum absolute atomic E-state index is 6.06. The molecular weight excluding hydrogens is 402 g/mol. The Hall–Kier alpha value is -2.57. The van der Waals surface area contributed by atoms with E-state index in [9.17, 15) is 0 Å². The van der Waals surface area contributed by atoms with Crippen molar-refractivity contribution in [2.24, 2.45) is 4.99 Å². The minimum atomic E-state index is 0.135. The van der Waals surface area contributed by atoms with Crippen LogP contribution in [0.2, 0.25) is 0 Å². The molecule has 0 radical (unpaired) electrons. The average molecular weight is 440 g/mol. The maximum atomic E-state index is 6.06. The Morgan fingerprint density at radius 1 is 1.06 bits per heavy atom. The molecule has 0 bridgehead atoms. The van der Waals surface area contributed by atoms with Crippen molar-refractivity contribution in [1.82, 2.24) is 10.6 Å². The number of aliphatic imine (C=N–C) groups is 1. The van der Waals surface area contributed by atoms with Gasteiger partial charge in [-0.05, 0) is 56.4 Å². The highest BCUT2D eigenvalue weighted by Crippen LogP contribution is 2.21. The van der Waals surface area contributed by atoms with Crippen LogP contribution in [0.1, 0.15) is 48.9 Å². The van der Waals surface area contributed by atoms with Gasteiger partial charge in [0.1, 0.15) is 5.75 Å². The van der Waals surface area contributed by atoms with Gasteiger partial charge in [-0.1, -0.05) is 36.4 Å². The molecule has 0 unspecified atom stereocenters. The Bertz CT molecular complexity index is 876. The molecule has 2 aromatic carbocycles. The Morgan fingerprint density at radius 2 is 1.81 bits per heavy atom. The molecular formula is C26H37N3O3. The number of aryl methyl sites for hydroxylation is 1. The van der Waals surface area contributed by atoms with Gasteiger partial charge in [-0.3, -0.25) is 4.99 Å². The number of hydrogen-bond donors (Lipinski definition) is 2. The zero-order chi connectivity index (χ0) is 22.8. The summed E-state index contributed by atoms with van der Waals surface area (Å²) in [6.07, 6.45) is 2.40. The highest BCUT2D eigenvalue weighted by atomic mass is 16.5. The maximum Gasteiger partial charge on any atom is 0.191 e. The lowest BCUT2D eigenvalue weighted by molar-refractivity contribution is -0.0390. The highest BCUT2D eigenvalue weighted by molar-refractivity contribution is 5.79. The Balaban J connectivity index is 1.50. The molecule has 3 rings (SSSR count). The second kappa shape index (κ2) is 12.5.